The quantitative estimate of drug-likeness (QED) is 0.669. The Morgan fingerprint density at radius 3 is 2.32 bits per heavy atom. The first-order valence-corrected chi connectivity index (χ1v) is 9.23. The second-order valence-electron chi connectivity index (χ2n) is 5.40. The normalized spacial score (nSPS) is 11.8. The van der Waals surface area contributed by atoms with Gasteiger partial charge in [0.25, 0.3) is 10.0 Å². The van der Waals surface area contributed by atoms with E-state index in [-0.39, 0.29) is 35.1 Å². The summed E-state index contributed by atoms with van der Waals surface area (Å²) in [6.45, 7) is -0.399. The molecule has 0 fully saturated rings. The van der Waals surface area contributed by atoms with E-state index in [0.717, 1.165) is 25.3 Å². The second kappa shape index (κ2) is 8.48. The van der Waals surface area contributed by atoms with Crippen molar-refractivity contribution in [1.82, 2.24) is 0 Å². The smallest absolute Gasteiger partial charge is 0.416 e. The van der Waals surface area contributed by atoms with Gasteiger partial charge in [0, 0.05) is 5.69 Å². The Bertz CT molecular complexity index is 942. The molecule has 7 nitrogen and oxygen atoms in total. The molecule has 0 aromatic heterocycles. The average molecular weight is 419 g/mol. The summed E-state index contributed by atoms with van der Waals surface area (Å²) < 4.78 is 74.6. The zero-order valence-corrected chi connectivity index (χ0v) is 15.3. The van der Waals surface area contributed by atoms with Gasteiger partial charge < -0.3 is 14.6 Å². The van der Waals surface area contributed by atoms with Crippen LogP contribution in [-0.4, -0.2) is 39.8 Å². The third-order valence-electron chi connectivity index (χ3n) is 3.48. The molecule has 2 aromatic rings. The largest absolute Gasteiger partial charge is 0.490 e. The van der Waals surface area contributed by atoms with E-state index in [1.54, 1.807) is 0 Å². The van der Waals surface area contributed by atoms with E-state index in [4.69, 9.17) is 9.84 Å². The van der Waals surface area contributed by atoms with Gasteiger partial charge in [-0.05, 0) is 42.5 Å². The number of sulfonamides is 1. The maximum absolute atomic E-state index is 12.6. The molecule has 2 N–H and O–H groups in total. The van der Waals surface area contributed by atoms with E-state index in [1.165, 1.54) is 12.1 Å². The number of hydrogen-bond donors (Lipinski definition) is 2. The van der Waals surface area contributed by atoms with Crippen LogP contribution in [-0.2, 0) is 20.9 Å². The minimum absolute atomic E-state index is 0.0309. The van der Waals surface area contributed by atoms with Gasteiger partial charge in [0.2, 0.25) is 0 Å². The van der Waals surface area contributed by atoms with Crippen LogP contribution >= 0.6 is 0 Å². The molecule has 0 heterocycles. The molecule has 0 aliphatic carbocycles. The maximum Gasteiger partial charge on any atom is 0.416 e. The number of esters is 1. The topological polar surface area (TPSA) is 102 Å². The van der Waals surface area contributed by atoms with Crippen molar-refractivity contribution in [2.75, 3.05) is 25.0 Å². The van der Waals surface area contributed by atoms with E-state index in [9.17, 15) is 26.4 Å². The molecular formula is C17H16F3NO6S. The third-order valence-corrected chi connectivity index (χ3v) is 4.88. The van der Waals surface area contributed by atoms with Crippen LogP contribution in [0.2, 0.25) is 0 Å². The number of hydrogen-bond acceptors (Lipinski definition) is 6. The summed E-state index contributed by atoms with van der Waals surface area (Å²) in [6, 6.07) is 6.70. The van der Waals surface area contributed by atoms with Gasteiger partial charge in [-0.3, -0.25) is 4.72 Å². The summed E-state index contributed by atoms with van der Waals surface area (Å²) >= 11 is 0. The number of alkyl halides is 3. The Hall–Kier alpha value is -2.79. The van der Waals surface area contributed by atoms with Gasteiger partial charge in [0.05, 0.1) is 24.2 Å². The summed E-state index contributed by atoms with van der Waals surface area (Å²) in [5.74, 6) is -0.734. The van der Waals surface area contributed by atoms with Gasteiger partial charge >= 0.3 is 12.1 Å². The van der Waals surface area contributed by atoms with Crippen LogP contribution in [0, 0.1) is 0 Å². The summed E-state index contributed by atoms with van der Waals surface area (Å²) in [7, 11) is -3.08. The molecule has 11 heteroatoms. The Kier molecular flexibility index (Phi) is 6.52. The molecule has 0 amide bonds. The number of ether oxygens (including phenoxy) is 2. The number of methoxy groups -OCH3 is 1. The summed E-state index contributed by atoms with van der Waals surface area (Å²) in [4.78, 5) is 11.5. The van der Waals surface area contributed by atoms with Crippen molar-refractivity contribution in [2.24, 2.45) is 0 Å². The molecular weight excluding hydrogens is 403 g/mol. The molecule has 0 aliphatic heterocycles. The van der Waals surface area contributed by atoms with Crippen molar-refractivity contribution >= 4 is 21.7 Å². The SMILES string of the molecule is COC(=O)c1cc(NS(=O)(=O)c2ccc(C(F)(F)F)cc2)ccc1OCCO. The number of aliphatic hydroxyl groups is 1. The van der Waals surface area contributed by atoms with Crippen LogP contribution in [0.3, 0.4) is 0 Å². The fraction of sp³-hybridized carbons (Fsp3) is 0.235. The van der Waals surface area contributed by atoms with Crippen LogP contribution in [0.4, 0.5) is 18.9 Å². The lowest BCUT2D eigenvalue weighted by Crippen LogP contribution is -2.15. The fourth-order valence-electron chi connectivity index (χ4n) is 2.18. The Labute approximate surface area is 158 Å². The van der Waals surface area contributed by atoms with Crippen LogP contribution in [0.1, 0.15) is 15.9 Å². The minimum Gasteiger partial charge on any atom is -0.490 e. The Morgan fingerprint density at radius 1 is 1.14 bits per heavy atom. The van der Waals surface area contributed by atoms with Crippen molar-refractivity contribution in [3.05, 3.63) is 53.6 Å². The zero-order valence-electron chi connectivity index (χ0n) is 14.5. The molecule has 0 saturated carbocycles. The van der Waals surface area contributed by atoms with E-state index in [0.29, 0.717) is 12.1 Å². The van der Waals surface area contributed by atoms with Gasteiger partial charge in [0.1, 0.15) is 17.9 Å². The van der Waals surface area contributed by atoms with Gasteiger partial charge in [-0.15, -0.1) is 0 Å². The number of aliphatic hydroxyl groups excluding tert-OH is 1. The first kappa shape index (κ1) is 21.5. The van der Waals surface area contributed by atoms with Crippen molar-refractivity contribution in [1.29, 1.82) is 0 Å². The molecule has 0 atom stereocenters. The molecule has 0 bridgehead atoms. The molecule has 0 unspecified atom stereocenters. The second-order valence-corrected chi connectivity index (χ2v) is 7.08. The molecule has 0 radical (unpaired) electrons. The van der Waals surface area contributed by atoms with E-state index in [2.05, 4.69) is 9.46 Å². The Balaban J connectivity index is 2.31. The predicted molar refractivity (Wildman–Crippen MR) is 92.6 cm³/mol. The monoisotopic (exact) mass is 419 g/mol. The molecule has 152 valence electrons. The number of carbonyl (C=O) groups is 1. The van der Waals surface area contributed by atoms with Gasteiger partial charge in [0.15, 0.2) is 0 Å². The molecule has 0 aliphatic rings. The highest BCUT2D eigenvalue weighted by Gasteiger charge is 2.30. The van der Waals surface area contributed by atoms with Crippen LogP contribution in [0.15, 0.2) is 47.4 Å². The summed E-state index contributed by atoms with van der Waals surface area (Å²) in [5.41, 5.74) is -1.11. The fourth-order valence-corrected chi connectivity index (χ4v) is 3.23. The predicted octanol–water partition coefficient (Wildman–Crippen LogP) is 2.66. The Morgan fingerprint density at radius 2 is 1.79 bits per heavy atom. The van der Waals surface area contributed by atoms with Crippen LogP contribution < -0.4 is 9.46 Å². The summed E-state index contributed by atoms with van der Waals surface area (Å²) in [6.07, 6.45) is -4.59. The van der Waals surface area contributed by atoms with Gasteiger partial charge in [-0.1, -0.05) is 0 Å². The molecule has 2 aromatic carbocycles. The summed E-state index contributed by atoms with van der Waals surface area (Å²) in [5, 5.41) is 8.81. The average Bonchev–Trinajstić information content (AvgIpc) is 2.65. The first-order valence-electron chi connectivity index (χ1n) is 7.74. The molecule has 28 heavy (non-hydrogen) atoms. The van der Waals surface area contributed by atoms with Crippen molar-refractivity contribution in [2.45, 2.75) is 11.1 Å². The third kappa shape index (κ3) is 5.14. The maximum atomic E-state index is 12.6. The van der Waals surface area contributed by atoms with Gasteiger partial charge in [-0.25, -0.2) is 13.2 Å². The minimum atomic E-state index is -4.59. The lowest BCUT2D eigenvalue weighted by Gasteiger charge is -2.13. The molecule has 0 saturated heterocycles. The van der Waals surface area contributed by atoms with E-state index in [1.807, 2.05) is 0 Å². The standard InChI is InChI=1S/C17H16F3NO6S/c1-26-16(23)14-10-12(4-7-15(14)27-9-8-22)21-28(24,25)13-5-2-11(3-6-13)17(18,19)20/h2-7,10,21-22H,8-9H2,1H3. The van der Waals surface area contributed by atoms with E-state index < -0.39 is 27.7 Å². The highest BCUT2D eigenvalue weighted by molar-refractivity contribution is 7.92. The van der Waals surface area contributed by atoms with Crippen LogP contribution in [0.25, 0.3) is 0 Å². The van der Waals surface area contributed by atoms with Crippen LogP contribution in [0.5, 0.6) is 5.75 Å². The molecule has 0 spiro atoms. The van der Waals surface area contributed by atoms with Crippen molar-refractivity contribution in [3.8, 4) is 5.75 Å². The first-order chi connectivity index (χ1) is 13.1. The number of benzene rings is 2. The number of rotatable bonds is 7. The number of anilines is 1. The lowest BCUT2D eigenvalue weighted by atomic mass is 10.2. The number of carbonyl (C=O) groups excluding carboxylic acids is 1. The van der Waals surface area contributed by atoms with Crippen molar-refractivity contribution in [3.63, 3.8) is 0 Å². The number of halogens is 3. The highest BCUT2D eigenvalue weighted by Crippen LogP contribution is 2.30. The molecule has 2 rings (SSSR count). The van der Waals surface area contributed by atoms with Gasteiger partial charge in [-0.2, -0.15) is 13.2 Å². The number of nitrogens with one attached hydrogen (secondary N) is 1. The van der Waals surface area contributed by atoms with E-state index >= 15 is 0 Å². The lowest BCUT2D eigenvalue weighted by molar-refractivity contribution is -0.137. The van der Waals surface area contributed by atoms with Crippen molar-refractivity contribution < 1.29 is 41.0 Å². The highest BCUT2D eigenvalue weighted by atomic mass is 32.2. The zero-order chi connectivity index (χ0) is 20.9.